The molecule has 1 fully saturated rings. The van der Waals surface area contributed by atoms with E-state index in [9.17, 15) is 14.4 Å². The summed E-state index contributed by atoms with van der Waals surface area (Å²) in [7, 11) is 0. The molecule has 9 heteroatoms. The second-order valence-electron chi connectivity index (χ2n) is 6.56. The number of amides is 2. The van der Waals surface area contributed by atoms with Crippen LogP contribution < -0.4 is 10.2 Å². The van der Waals surface area contributed by atoms with Gasteiger partial charge in [0.1, 0.15) is 5.57 Å². The number of carboxylic acids is 1. The van der Waals surface area contributed by atoms with Gasteiger partial charge in [-0.3, -0.25) is 19.8 Å². The molecule has 0 spiro atoms. The van der Waals surface area contributed by atoms with E-state index in [-0.39, 0.29) is 16.2 Å². The molecule has 0 unspecified atom stereocenters. The summed E-state index contributed by atoms with van der Waals surface area (Å²) >= 11 is 11.4. The summed E-state index contributed by atoms with van der Waals surface area (Å²) in [6, 6.07) is 16.4. The van der Waals surface area contributed by atoms with Gasteiger partial charge in [0.2, 0.25) is 0 Å². The maximum atomic E-state index is 13.2. The Balaban J connectivity index is 1.73. The van der Waals surface area contributed by atoms with Gasteiger partial charge >= 0.3 is 5.97 Å². The Morgan fingerprint density at radius 2 is 1.74 bits per heavy atom. The van der Waals surface area contributed by atoms with Gasteiger partial charge in [-0.1, -0.05) is 23.7 Å². The lowest BCUT2D eigenvalue weighted by Crippen LogP contribution is -2.54. The Morgan fingerprint density at radius 1 is 1.03 bits per heavy atom. The first-order chi connectivity index (χ1) is 14.9. The largest absolute Gasteiger partial charge is 0.478 e. The average molecular weight is 452 g/mol. The third-order valence-corrected chi connectivity index (χ3v) is 5.26. The predicted molar refractivity (Wildman–Crippen MR) is 120 cm³/mol. The molecule has 1 saturated heterocycles. The van der Waals surface area contributed by atoms with Gasteiger partial charge in [0.25, 0.3) is 11.8 Å². The van der Waals surface area contributed by atoms with Crippen molar-refractivity contribution >= 4 is 58.5 Å². The summed E-state index contributed by atoms with van der Waals surface area (Å²) in [6.07, 6.45) is 3.19. The van der Waals surface area contributed by atoms with Crippen molar-refractivity contribution in [2.45, 2.75) is 0 Å². The SMILES string of the molecule is O=C1NC(=S)N(c2ccccc2Cl)C(=O)C1=Cc1cccn1-c1ccc(C(=O)O)cc1. The Hall–Kier alpha value is -3.75. The van der Waals surface area contributed by atoms with Crippen molar-refractivity contribution in [3.8, 4) is 5.69 Å². The fraction of sp³-hybridized carbons (Fsp3) is 0. The van der Waals surface area contributed by atoms with Crippen LogP contribution in [0.1, 0.15) is 16.1 Å². The second-order valence-corrected chi connectivity index (χ2v) is 7.36. The molecule has 0 bridgehead atoms. The molecule has 1 aliphatic rings. The maximum Gasteiger partial charge on any atom is 0.335 e. The van der Waals surface area contributed by atoms with E-state index < -0.39 is 17.8 Å². The van der Waals surface area contributed by atoms with Crippen molar-refractivity contribution in [3.63, 3.8) is 0 Å². The fourth-order valence-electron chi connectivity index (χ4n) is 3.17. The topological polar surface area (TPSA) is 91.6 Å². The Bertz CT molecular complexity index is 1260. The van der Waals surface area contributed by atoms with Crippen LogP contribution in [0.15, 0.2) is 72.4 Å². The summed E-state index contributed by atoms with van der Waals surface area (Å²) in [6.45, 7) is 0. The summed E-state index contributed by atoms with van der Waals surface area (Å²) in [5.41, 5.74) is 1.62. The molecule has 3 aromatic rings. The van der Waals surface area contributed by atoms with Crippen LogP contribution in [0.25, 0.3) is 11.8 Å². The molecule has 2 amide bonds. The minimum absolute atomic E-state index is 0.0557. The highest BCUT2D eigenvalue weighted by molar-refractivity contribution is 7.80. The van der Waals surface area contributed by atoms with Crippen molar-refractivity contribution in [1.29, 1.82) is 0 Å². The van der Waals surface area contributed by atoms with Crippen molar-refractivity contribution in [2.24, 2.45) is 0 Å². The maximum absolute atomic E-state index is 13.2. The smallest absolute Gasteiger partial charge is 0.335 e. The standard InChI is InChI=1S/C22H14ClN3O4S/c23-17-5-1-2-6-18(17)26-20(28)16(19(27)24-22(26)31)12-15-4-3-11-25(15)14-9-7-13(8-10-14)21(29)30/h1-12H,(H,29,30)(H,24,27,31). The van der Waals surface area contributed by atoms with Gasteiger partial charge in [0.15, 0.2) is 5.11 Å². The van der Waals surface area contributed by atoms with E-state index in [1.54, 1.807) is 59.3 Å². The van der Waals surface area contributed by atoms with Crippen molar-refractivity contribution in [3.05, 3.63) is 88.7 Å². The number of hydrogen-bond acceptors (Lipinski definition) is 4. The monoisotopic (exact) mass is 451 g/mol. The van der Waals surface area contributed by atoms with Gasteiger partial charge in [-0.2, -0.15) is 0 Å². The van der Waals surface area contributed by atoms with Crippen LogP contribution in [0, 0.1) is 0 Å². The van der Waals surface area contributed by atoms with Crippen molar-refractivity contribution in [1.82, 2.24) is 9.88 Å². The lowest BCUT2D eigenvalue weighted by molar-refractivity contribution is -0.122. The normalized spacial score (nSPS) is 15.3. The number of benzene rings is 2. The molecule has 1 aromatic heterocycles. The van der Waals surface area contributed by atoms with Gasteiger partial charge < -0.3 is 9.67 Å². The molecule has 7 nitrogen and oxygen atoms in total. The highest BCUT2D eigenvalue weighted by atomic mass is 35.5. The number of anilines is 1. The Labute approximate surface area is 187 Å². The van der Waals surface area contributed by atoms with Gasteiger partial charge in [-0.15, -0.1) is 0 Å². The molecule has 0 atom stereocenters. The van der Waals surface area contributed by atoms with Crippen LogP contribution in [0.3, 0.4) is 0 Å². The highest BCUT2D eigenvalue weighted by Crippen LogP contribution is 2.29. The van der Waals surface area contributed by atoms with Gasteiger partial charge in [0.05, 0.1) is 16.3 Å². The number of carbonyl (C=O) groups excluding carboxylic acids is 2. The minimum atomic E-state index is -1.03. The number of halogens is 1. The van der Waals surface area contributed by atoms with E-state index in [0.717, 1.165) is 0 Å². The minimum Gasteiger partial charge on any atom is -0.478 e. The van der Waals surface area contributed by atoms with E-state index in [2.05, 4.69) is 5.32 Å². The quantitative estimate of drug-likeness (QED) is 0.359. The molecule has 4 rings (SSSR count). The first-order valence-electron chi connectivity index (χ1n) is 9.04. The van der Waals surface area contributed by atoms with E-state index in [1.165, 1.54) is 23.1 Å². The van der Waals surface area contributed by atoms with Crippen LogP contribution in [0.2, 0.25) is 5.02 Å². The first-order valence-corrected chi connectivity index (χ1v) is 9.82. The number of aromatic nitrogens is 1. The van der Waals surface area contributed by atoms with Gasteiger partial charge in [0, 0.05) is 17.6 Å². The van der Waals surface area contributed by atoms with Crippen molar-refractivity contribution in [2.75, 3.05) is 4.90 Å². The molecule has 0 aliphatic carbocycles. The lowest BCUT2D eigenvalue weighted by atomic mass is 10.1. The number of para-hydroxylation sites is 1. The molecule has 1 aliphatic heterocycles. The first kappa shape index (κ1) is 20.5. The third kappa shape index (κ3) is 3.86. The number of thiocarbonyl (C=S) groups is 1. The Kier molecular flexibility index (Phi) is 5.41. The Morgan fingerprint density at radius 3 is 2.42 bits per heavy atom. The number of carbonyl (C=O) groups is 3. The summed E-state index contributed by atoms with van der Waals surface area (Å²) in [5.74, 6) is -2.25. The molecular formula is C22H14ClN3O4S. The molecule has 2 aromatic carbocycles. The summed E-state index contributed by atoms with van der Waals surface area (Å²) < 4.78 is 1.73. The van der Waals surface area contributed by atoms with Crippen LogP contribution in [0.5, 0.6) is 0 Å². The van der Waals surface area contributed by atoms with E-state index in [0.29, 0.717) is 22.1 Å². The zero-order chi connectivity index (χ0) is 22.1. The molecule has 154 valence electrons. The summed E-state index contributed by atoms with van der Waals surface area (Å²) in [5, 5.41) is 11.9. The molecule has 2 heterocycles. The third-order valence-electron chi connectivity index (χ3n) is 4.66. The van der Waals surface area contributed by atoms with Crippen LogP contribution in [0.4, 0.5) is 5.69 Å². The molecule has 0 radical (unpaired) electrons. The van der Waals surface area contributed by atoms with Gasteiger partial charge in [-0.25, -0.2) is 4.79 Å². The number of carboxylic acid groups (broad SMARTS) is 1. The number of aromatic carboxylic acids is 1. The lowest BCUT2D eigenvalue weighted by Gasteiger charge is -2.29. The number of nitrogens with one attached hydrogen (secondary N) is 1. The number of rotatable bonds is 4. The molecule has 0 saturated carbocycles. The fourth-order valence-corrected chi connectivity index (χ4v) is 3.66. The average Bonchev–Trinajstić information content (AvgIpc) is 3.20. The second kappa shape index (κ2) is 8.17. The zero-order valence-corrected chi connectivity index (χ0v) is 17.4. The van der Waals surface area contributed by atoms with E-state index >= 15 is 0 Å². The molecule has 2 N–H and O–H groups in total. The number of hydrogen-bond donors (Lipinski definition) is 2. The van der Waals surface area contributed by atoms with Gasteiger partial charge in [-0.05, 0) is 66.8 Å². The van der Waals surface area contributed by atoms with Crippen LogP contribution in [-0.4, -0.2) is 32.6 Å². The predicted octanol–water partition coefficient (Wildman–Crippen LogP) is 3.66. The van der Waals surface area contributed by atoms with Crippen LogP contribution in [-0.2, 0) is 9.59 Å². The zero-order valence-electron chi connectivity index (χ0n) is 15.8. The summed E-state index contributed by atoms with van der Waals surface area (Å²) in [4.78, 5) is 38.0. The van der Waals surface area contributed by atoms with E-state index in [4.69, 9.17) is 28.9 Å². The van der Waals surface area contributed by atoms with Crippen molar-refractivity contribution < 1.29 is 19.5 Å². The molecular weight excluding hydrogens is 438 g/mol. The molecule has 31 heavy (non-hydrogen) atoms. The van der Waals surface area contributed by atoms with Crippen LogP contribution >= 0.6 is 23.8 Å². The number of nitrogens with zero attached hydrogens (tertiary/aromatic N) is 2. The van der Waals surface area contributed by atoms with E-state index in [1.807, 2.05) is 0 Å². The highest BCUT2D eigenvalue weighted by Gasteiger charge is 2.35.